The summed E-state index contributed by atoms with van der Waals surface area (Å²) in [4.78, 5) is 17.5. The van der Waals surface area contributed by atoms with Gasteiger partial charge in [0.25, 0.3) is 5.91 Å². The monoisotopic (exact) mass is 338 g/mol. The largest absolute Gasteiger partial charge is 0.394 e. The molecular weight excluding hydrogens is 316 g/mol. The maximum Gasteiger partial charge on any atom is 0.252 e. The summed E-state index contributed by atoms with van der Waals surface area (Å²) in [5.41, 5.74) is 2.13. The highest BCUT2D eigenvalue weighted by Crippen LogP contribution is 2.25. The van der Waals surface area contributed by atoms with E-state index in [4.69, 9.17) is 4.98 Å². The molecule has 0 spiro atoms. The molecule has 3 rings (SSSR count). The van der Waals surface area contributed by atoms with Gasteiger partial charge in [0.05, 0.1) is 35.0 Å². The summed E-state index contributed by atoms with van der Waals surface area (Å²) < 4.78 is 1.77. The van der Waals surface area contributed by atoms with Gasteiger partial charge in [-0.25, -0.2) is 9.67 Å². The first kappa shape index (κ1) is 17.1. The molecule has 2 heterocycles. The van der Waals surface area contributed by atoms with Gasteiger partial charge in [-0.15, -0.1) is 0 Å². The van der Waals surface area contributed by atoms with E-state index in [2.05, 4.69) is 10.4 Å². The molecule has 0 bridgehead atoms. The maximum absolute atomic E-state index is 12.8. The molecule has 6 heteroatoms. The minimum absolute atomic E-state index is 0.146. The topological polar surface area (TPSA) is 80.0 Å². The van der Waals surface area contributed by atoms with E-state index in [0.717, 1.165) is 11.3 Å². The Morgan fingerprint density at radius 1 is 1.28 bits per heavy atom. The lowest BCUT2D eigenvalue weighted by Gasteiger charge is -2.23. The van der Waals surface area contributed by atoms with Crippen molar-refractivity contribution in [3.63, 3.8) is 0 Å². The Morgan fingerprint density at radius 3 is 2.64 bits per heavy atom. The Labute approximate surface area is 146 Å². The van der Waals surface area contributed by atoms with E-state index < -0.39 is 5.54 Å². The van der Waals surface area contributed by atoms with Gasteiger partial charge >= 0.3 is 0 Å². The number of amides is 1. The molecule has 1 aromatic carbocycles. The van der Waals surface area contributed by atoms with E-state index in [1.807, 2.05) is 37.3 Å². The average Bonchev–Trinajstić information content (AvgIpc) is 3.04. The Bertz CT molecular complexity index is 900. The molecule has 1 amide bonds. The smallest absolute Gasteiger partial charge is 0.252 e. The van der Waals surface area contributed by atoms with Crippen molar-refractivity contribution in [2.75, 3.05) is 6.61 Å². The van der Waals surface area contributed by atoms with Crippen molar-refractivity contribution in [2.45, 2.75) is 32.9 Å². The van der Waals surface area contributed by atoms with Crippen LogP contribution in [0.2, 0.25) is 0 Å². The van der Waals surface area contributed by atoms with Crippen LogP contribution in [-0.4, -0.2) is 37.9 Å². The van der Waals surface area contributed by atoms with Crippen LogP contribution < -0.4 is 5.32 Å². The number of nitrogens with one attached hydrogen (secondary N) is 1. The Morgan fingerprint density at radius 2 is 2.00 bits per heavy atom. The quantitative estimate of drug-likeness (QED) is 0.749. The first-order chi connectivity index (χ1) is 11.9. The third kappa shape index (κ3) is 3.39. The van der Waals surface area contributed by atoms with E-state index in [9.17, 15) is 9.90 Å². The second kappa shape index (κ2) is 6.64. The fraction of sp³-hybridized carbons (Fsp3) is 0.316. The van der Waals surface area contributed by atoms with Gasteiger partial charge in [-0.1, -0.05) is 30.3 Å². The number of benzene rings is 1. The van der Waals surface area contributed by atoms with E-state index in [-0.39, 0.29) is 12.5 Å². The molecule has 2 N–H and O–H groups in total. The lowest BCUT2D eigenvalue weighted by Crippen LogP contribution is -2.46. The molecule has 0 aliphatic carbocycles. The van der Waals surface area contributed by atoms with Crippen LogP contribution in [-0.2, 0) is 6.54 Å². The SMILES string of the molecule is CCn1ncc2c(C(=O)NC(C)(C)CO)cc(-c3ccccc3)nc21. The molecular formula is C19H22N4O2. The number of rotatable bonds is 5. The van der Waals surface area contributed by atoms with Crippen LogP contribution >= 0.6 is 0 Å². The third-order valence-corrected chi connectivity index (χ3v) is 4.07. The number of fused-ring (bicyclic) bond motifs is 1. The number of aryl methyl sites for hydroxylation is 1. The van der Waals surface area contributed by atoms with Crippen LogP contribution in [0, 0.1) is 0 Å². The van der Waals surface area contributed by atoms with Gasteiger partial charge < -0.3 is 10.4 Å². The lowest BCUT2D eigenvalue weighted by atomic mass is 10.0. The van der Waals surface area contributed by atoms with E-state index >= 15 is 0 Å². The van der Waals surface area contributed by atoms with Crippen LogP contribution in [0.15, 0.2) is 42.6 Å². The molecule has 0 saturated heterocycles. The van der Waals surface area contributed by atoms with Crippen LogP contribution in [0.1, 0.15) is 31.1 Å². The van der Waals surface area contributed by atoms with Gasteiger partial charge in [0.15, 0.2) is 5.65 Å². The number of hydrogen-bond donors (Lipinski definition) is 2. The highest BCUT2D eigenvalue weighted by atomic mass is 16.3. The van der Waals surface area contributed by atoms with Crippen LogP contribution in [0.25, 0.3) is 22.3 Å². The minimum atomic E-state index is -0.708. The highest BCUT2D eigenvalue weighted by molar-refractivity contribution is 6.06. The Kier molecular flexibility index (Phi) is 4.55. The van der Waals surface area contributed by atoms with E-state index in [1.54, 1.807) is 30.8 Å². The minimum Gasteiger partial charge on any atom is -0.394 e. The van der Waals surface area contributed by atoms with Crippen LogP contribution in [0.5, 0.6) is 0 Å². The normalized spacial score (nSPS) is 11.7. The zero-order valence-electron chi connectivity index (χ0n) is 14.7. The number of carbonyl (C=O) groups is 1. The van der Waals surface area contributed by atoms with Crippen molar-refractivity contribution in [3.05, 3.63) is 48.2 Å². The zero-order valence-corrected chi connectivity index (χ0v) is 14.7. The van der Waals surface area contributed by atoms with Crippen molar-refractivity contribution < 1.29 is 9.90 Å². The van der Waals surface area contributed by atoms with Crippen molar-refractivity contribution in [1.82, 2.24) is 20.1 Å². The summed E-state index contributed by atoms with van der Waals surface area (Å²) in [7, 11) is 0. The maximum atomic E-state index is 12.8. The molecule has 6 nitrogen and oxygen atoms in total. The average molecular weight is 338 g/mol. The molecule has 0 fully saturated rings. The van der Waals surface area contributed by atoms with Crippen LogP contribution in [0.4, 0.5) is 0 Å². The molecule has 0 unspecified atom stereocenters. The molecule has 2 aromatic heterocycles. The summed E-state index contributed by atoms with van der Waals surface area (Å²) in [6.07, 6.45) is 1.67. The summed E-state index contributed by atoms with van der Waals surface area (Å²) >= 11 is 0. The van der Waals surface area contributed by atoms with E-state index in [1.165, 1.54) is 0 Å². The highest BCUT2D eigenvalue weighted by Gasteiger charge is 2.23. The Hall–Kier alpha value is -2.73. The summed E-state index contributed by atoms with van der Waals surface area (Å²) in [6, 6.07) is 11.5. The van der Waals surface area contributed by atoms with Gasteiger partial charge in [-0.2, -0.15) is 5.10 Å². The van der Waals surface area contributed by atoms with Crippen molar-refractivity contribution in [2.24, 2.45) is 0 Å². The summed E-state index contributed by atoms with van der Waals surface area (Å²) in [5, 5.41) is 17.3. The molecule has 0 aliphatic heterocycles. The molecule has 130 valence electrons. The first-order valence-corrected chi connectivity index (χ1v) is 8.30. The number of aromatic nitrogens is 3. The van der Waals surface area contributed by atoms with Crippen LogP contribution in [0.3, 0.4) is 0 Å². The number of carbonyl (C=O) groups excluding carboxylic acids is 1. The second-order valence-corrected chi connectivity index (χ2v) is 6.61. The van der Waals surface area contributed by atoms with Gasteiger partial charge in [-0.3, -0.25) is 4.79 Å². The van der Waals surface area contributed by atoms with Crippen molar-refractivity contribution >= 4 is 16.9 Å². The molecule has 25 heavy (non-hydrogen) atoms. The molecule has 0 saturated carbocycles. The Balaban J connectivity index is 2.16. The van der Waals surface area contributed by atoms with Gasteiger partial charge in [0, 0.05) is 12.1 Å². The number of aliphatic hydroxyl groups excluding tert-OH is 1. The molecule has 0 atom stereocenters. The second-order valence-electron chi connectivity index (χ2n) is 6.61. The number of nitrogens with zero attached hydrogens (tertiary/aromatic N) is 3. The van der Waals surface area contributed by atoms with Gasteiger partial charge in [-0.05, 0) is 26.8 Å². The predicted octanol–water partition coefficient (Wildman–Crippen LogP) is 2.62. The first-order valence-electron chi connectivity index (χ1n) is 8.30. The molecule has 0 aliphatic rings. The molecule has 3 aromatic rings. The summed E-state index contributed by atoms with van der Waals surface area (Å²) in [5.74, 6) is -0.251. The van der Waals surface area contributed by atoms with Crippen molar-refractivity contribution in [1.29, 1.82) is 0 Å². The third-order valence-electron chi connectivity index (χ3n) is 4.07. The van der Waals surface area contributed by atoms with E-state index in [0.29, 0.717) is 23.1 Å². The number of aliphatic hydroxyl groups is 1. The lowest BCUT2D eigenvalue weighted by molar-refractivity contribution is 0.0871. The number of pyridine rings is 1. The number of hydrogen-bond acceptors (Lipinski definition) is 4. The van der Waals surface area contributed by atoms with Crippen molar-refractivity contribution in [3.8, 4) is 11.3 Å². The zero-order chi connectivity index (χ0) is 18.0. The van der Waals surface area contributed by atoms with Gasteiger partial charge in [0.2, 0.25) is 0 Å². The van der Waals surface area contributed by atoms with Gasteiger partial charge in [0.1, 0.15) is 0 Å². The predicted molar refractivity (Wildman–Crippen MR) is 97.3 cm³/mol. The fourth-order valence-electron chi connectivity index (χ4n) is 2.64. The summed E-state index contributed by atoms with van der Waals surface area (Å²) in [6.45, 7) is 6.05. The fourth-order valence-corrected chi connectivity index (χ4v) is 2.64. The standard InChI is InChI=1S/C19H22N4O2/c1-4-23-17-15(11-20-23)14(18(25)22-19(2,3)12-24)10-16(21-17)13-8-6-5-7-9-13/h5-11,24H,4,12H2,1-3H3,(H,22,25). The molecule has 0 radical (unpaired) electrons.